The van der Waals surface area contributed by atoms with Crippen molar-refractivity contribution < 1.29 is 9.53 Å². The summed E-state index contributed by atoms with van der Waals surface area (Å²) in [6.45, 7) is 1.99. The van der Waals surface area contributed by atoms with Crippen molar-refractivity contribution in [2.45, 2.75) is 18.8 Å². The van der Waals surface area contributed by atoms with E-state index in [2.05, 4.69) is 10.4 Å². The quantitative estimate of drug-likeness (QED) is 0.749. The van der Waals surface area contributed by atoms with Crippen LogP contribution < -0.4 is 5.32 Å². The molecular weight excluding hydrogens is 206 g/mol. The summed E-state index contributed by atoms with van der Waals surface area (Å²) in [7, 11) is 3.28. The van der Waals surface area contributed by atoms with Crippen LogP contribution in [0.1, 0.15) is 34.8 Å². The summed E-state index contributed by atoms with van der Waals surface area (Å²) in [5, 5.41) is 7.47. The van der Waals surface area contributed by atoms with Gasteiger partial charge in [0.25, 0.3) is 0 Å². The highest BCUT2D eigenvalue weighted by Crippen LogP contribution is 2.27. The van der Waals surface area contributed by atoms with Crippen LogP contribution in [-0.2, 0) is 11.8 Å². The number of rotatable bonds is 2. The van der Waals surface area contributed by atoms with Gasteiger partial charge in [-0.3, -0.25) is 4.68 Å². The minimum Gasteiger partial charge on any atom is -0.465 e. The Bertz CT molecular complexity index is 381. The van der Waals surface area contributed by atoms with Crippen LogP contribution in [0.25, 0.3) is 0 Å². The van der Waals surface area contributed by atoms with E-state index < -0.39 is 0 Å². The molecular formula is C11H17N3O2. The lowest BCUT2D eigenvalue weighted by atomic mass is 9.92. The number of ether oxygens (including phenoxy) is 1. The van der Waals surface area contributed by atoms with Crippen molar-refractivity contribution in [3.8, 4) is 0 Å². The van der Waals surface area contributed by atoms with Gasteiger partial charge in [0.15, 0.2) is 0 Å². The smallest absolute Gasteiger partial charge is 0.341 e. The van der Waals surface area contributed by atoms with E-state index in [-0.39, 0.29) is 5.97 Å². The van der Waals surface area contributed by atoms with Gasteiger partial charge in [0.2, 0.25) is 0 Å². The minimum atomic E-state index is -0.290. The minimum absolute atomic E-state index is 0.290. The maximum atomic E-state index is 11.6. The lowest BCUT2D eigenvalue weighted by Crippen LogP contribution is -2.28. The van der Waals surface area contributed by atoms with Crippen molar-refractivity contribution in [2.75, 3.05) is 20.2 Å². The second-order valence-corrected chi connectivity index (χ2v) is 4.08. The van der Waals surface area contributed by atoms with Crippen molar-refractivity contribution in [3.63, 3.8) is 0 Å². The van der Waals surface area contributed by atoms with Crippen LogP contribution in [0.15, 0.2) is 6.20 Å². The van der Waals surface area contributed by atoms with Crippen LogP contribution >= 0.6 is 0 Å². The molecule has 0 aromatic carbocycles. The molecule has 1 aliphatic heterocycles. The molecule has 0 amide bonds. The molecule has 1 fully saturated rings. The van der Waals surface area contributed by atoms with Crippen LogP contribution in [0, 0.1) is 0 Å². The second-order valence-electron chi connectivity index (χ2n) is 4.08. The second kappa shape index (κ2) is 4.65. The molecule has 1 aromatic rings. The van der Waals surface area contributed by atoms with Crippen molar-refractivity contribution >= 4 is 5.97 Å². The fraction of sp³-hybridized carbons (Fsp3) is 0.636. The maximum Gasteiger partial charge on any atom is 0.341 e. The Morgan fingerprint density at radius 3 is 2.88 bits per heavy atom. The van der Waals surface area contributed by atoms with Crippen molar-refractivity contribution in [2.24, 2.45) is 7.05 Å². The van der Waals surface area contributed by atoms with Gasteiger partial charge in [-0.15, -0.1) is 0 Å². The molecule has 0 aliphatic carbocycles. The predicted molar refractivity (Wildman–Crippen MR) is 59.4 cm³/mol. The summed E-state index contributed by atoms with van der Waals surface area (Å²) in [5.41, 5.74) is 1.62. The molecule has 0 spiro atoms. The molecule has 1 saturated heterocycles. The standard InChI is InChI=1S/C11H17N3O2/c1-14-10(8-3-5-12-6-4-8)9(7-13-14)11(15)16-2/h7-8,12H,3-6H2,1-2H3. The van der Waals surface area contributed by atoms with E-state index in [0.29, 0.717) is 11.5 Å². The monoisotopic (exact) mass is 223 g/mol. The number of esters is 1. The van der Waals surface area contributed by atoms with Crippen molar-refractivity contribution in [1.29, 1.82) is 0 Å². The van der Waals surface area contributed by atoms with Gasteiger partial charge in [0, 0.05) is 13.0 Å². The number of hydrogen-bond acceptors (Lipinski definition) is 4. The normalized spacial score (nSPS) is 17.4. The molecule has 0 unspecified atom stereocenters. The molecule has 0 radical (unpaired) electrons. The lowest BCUT2D eigenvalue weighted by Gasteiger charge is -2.23. The number of carbonyl (C=O) groups is 1. The van der Waals surface area contributed by atoms with E-state index in [4.69, 9.17) is 4.74 Å². The molecule has 0 atom stereocenters. The summed E-state index contributed by atoms with van der Waals surface area (Å²) in [5.74, 6) is 0.115. The number of carbonyl (C=O) groups excluding carboxylic acids is 1. The summed E-state index contributed by atoms with van der Waals surface area (Å²) in [4.78, 5) is 11.6. The highest BCUT2D eigenvalue weighted by molar-refractivity contribution is 5.90. The van der Waals surface area contributed by atoms with Gasteiger partial charge in [-0.25, -0.2) is 4.79 Å². The van der Waals surface area contributed by atoms with Crippen LogP contribution in [-0.4, -0.2) is 35.9 Å². The van der Waals surface area contributed by atoms with Crippen LogP contribution in [0.4, 0.5) is 0 Å². The first-order valence-electron chi connectivity index (χ1n) is 5.55. The maximum absolute atomic E-state index is 11.6. The average molecular weight is 223 g/mol. The number of methoxy groups -OCH3 is 1. The Morgan fingerprint density at radius 1 is 1.56 bits per heavy atom. The van der Waals surface area contributed by atoms with E-state index in [9.17, 15) is 4.79 Å². The molecule has 1 aliphatic rings. The van der Waals surface area contributed by atoms with Gasteiger partial charge >= 0.3 is 5.97 Å². The third-order valence-electron chi connectivity index (χ3n) is 3.12. The number of nitrogens with one attached hydrogen (secondary N) is 1. The van der Waals surface area contributed by atoms with Gasteiger partial charge in [0.1, 0.15) is 5.56 Å². The van der Waals surface area contributed by atoms with Crippen molar-refractivity contribution in [1.82, 2.24) is 15.1 Å². The molecule has 2 rings (SSSR count). The Hall–Kier alpha value is -1.36. The molecule has 0 saturated carbocycles. The third-order valence-corrected chi connectivity index (χ3v) is 3.12. The molecule has 5 heteroatoms. The van der Waals surface area contributed by atoms with E-state index >= 15 is 0 Å². The molecule has 0 bridgehead atoms. The van der Waals surface area contributed by atoms with E-state index in [0.717, 1.165) is 31.6 Å². The summed E-state index contributed by atoms with van der Waals surface area (Å²) in [6.07, 6.45) is 3.69. The van der Waals surface area contributed by atoms with Crippen molar-refractivity contribution in [3.05, 3.63) is 17.5 Å². The topological polar surface area (TPSA) is 56.1 Å². The Kier molecular flexibility index (Phi) is 3.24. The molecule has 2 heterocycles. The first-order chi connectivity index (χ1) is 7.74. The highest BCUT2D eigenvalue weighted by Gasteiger charge is 2.25. The summed E-state index contributed by atoms with van der Waals surface area (Å²) in [6, 6.07) is 0. The molecule has 88 valence electrons. The number of piperidine rings is 1. The van der Waals surface area contributed by atoms with Crippen LogP contribution in [0.2, 0.25) is 0 Å². The van der Waals surface area contributed by atoms with Gasteiger partial charge in [-0.2, -0.15) is 5.10 Å². The average Bonchev–Trinajstić information content (AvgIpc) is 2.71. The summed E-state index contributed by atoms with van der Waals surface area (Å²) >= 11 is 0. The van der Waals surface area contributed by atoms with Gasteiger partial charge in [-0.05, 0) is 25.9 Å². The largest absolute Gasteiger partial charge is 0.465 e. The fourth-order valence-corrected chi connectivity index (χ4v) is 2.29. The number of hydrogen-bond donors (Lipinski definition) is 1. The predicted octanol–water partition coefficient (Wildman–Crippen LogP) is 0.674. The lowest BCUT2D eigenvalue weighted by molar-refractivity contribution is 0.0598. The van der Waals surface area contributed by atoms with Crippen LogP contribution in [0.3, 0.4) is 0 Å². The summed E-state index contributed by atoms with van der Waals surface area (Å²) < 4.78 is 6.57. The zero-order valence-electron chi connectivity index (χ0n) is 9.69. The Balaban J connectivity index is 2.30. The Labute approximate surface area is 94.8 Å². The van der Waals surface area contributed by atoms with Gasteiger partial charge in [-0.1, -0.05) is 0 Å². The van der Waals surface area contributed by atoms with E-state index in [1.54, 1.807) is 10.9 Å². The highest BCUT2D eigenvalue weighted by atomic mass is 16.5. The zero-order valence-corrected chi connectivity index (χ0v) is 9.69. The number of aryl methyl sites for hydroxylation is 1. The Morgan fingerprint density at radius 2 is 2.25 bits per heavy atom. The molecule has 16 heavy (non-hydrogen) atoms. The number of nitrogens with zero attached hydrogens (tertiary/aromatic N) is 2. The van der Waals surface area contributed by atoms with E-state index in [1.165, 1.54) is 7.11 Å². The molecule has 1 N–H and O–H groups in total. The number of aromatic nitrogens is 2. The first kappa shape index (κ1) is 11.1. The fourth-order valence-electron chi connectivity index (χ4n) is 2.29. The third kappa shape index (κ3) is 1.95. The first-order valence-corrected chi connectivity index (χ1v) is 5.55. The zero-order chi connectivity index (χ0) is 11.5. The van der Waals surface area contributed by atoms with E-state index in [1.807, 2.05) is 7.05 Å². The van der Waals surface area contributed by atoms with Crippen LogP contribution in [0.5, 0.6) is 0 Å². The SMILES string of the molecule is COC(=O)c1cnn(C)c1C1CCNCC1. The molecule has 5 nitrogen and oxygen atoms in total. The van der Waals surface area contributed by atoms with Gasteiger partial charge < -0.3 is 10.1 Å². The van der Waals surface area contributed by atoms with Gasteiger partial charge in [0.05, 0.1) is 19.0 Å². The molecule has 1 aromatic heterocycles.